The van der Waals surface area contributed by atoms with E-state index < -0.39 is 0 Å². The SMILES string of the molecule is CSC1CC(=O)C(C(C)C)CC1=O. The number of hydrogen-bond acceptors (Lipinski definition) is 3. The summed E-state index contributed by atoms with van der Waals surface area (Å²) in [5, 5.41) is -0.0671. The minimum Gasteiger partial charge on any atom is -0.299 e. The molecule has 0 radical (unpaired) electrons. The van der Waals surface area contributed by atoms with Gasteiger partial charge < -0.3 is 0 Å². The number of rotatable bonds is 2. The molecule has 1 aliphatic carbocycles. The molecule has 1 rings (SSSR count). The molecule has 1 aliphatic rings. The van der Waals surface area contributed by atoms with E-state index in [0.717, 1.165) is 0 Å². The summed E-state index contributed by atoms with van der Waals surface area (Å²) in [5.74, 6) is 0.815. The maximum absolute atomic E-state index is 11.6. The van der Waals surface area contributed by atoms with Crippen molar-refractivity contribution in [3.63, 3.8) is 0 Å². The van der Waals surface area contributed by atoms with Crippen molar-refractivity contribution in [2.24, 2.45) is 11.8 Å². The van der Waals surface area contributed by atoms with Gasteiger partial charge in [-0.3, -0.25) is 9.59 Å². The van der Waals surface area contributed by atoms with Gasteiger partial charge in [-0.25, -0.2) is 0 Å². The number of carbonyl (C=O) groups is 2. The van der Waals surface area contributed by atoms with E-state index in [4.69, 9.17) is 0 Å². The summed E-state index contributed by atoms with van der Waals surface area (Å²) in [7, 11) is 0. The van der Waals surface area contributed by atoms with Crippen molar-refractivity contribution in [2.45, 2.75) is 31.9 Å². The highest BCUT2D eigenvalue weighted by atomic mass is 32.2. The Morgan fingerprint density at radius 2 is 1.85 bits per heavy atom. The zero-order chi connectivity index (χ0) is 10.0. The van der Waals surface area contributed by atoms with Gasteiger partial charge in [0.1, 0.15) is 11.6 Å². The summed E-state index contributed by atoms with van der Waals surface area (Å²) in [5.41, 5.74) is 0. The summed E-state index contributed by atoms with van der Waals surface area (Å²) in [6.45, 7) is 4.02. The Bertz CT molecular complexity index is 223. The van der Waals surface area contributed by atoms with Gasteiger partial charge in [0.15, 0.2) is 0 Å². The summed E-state index contributed by atoms with van der Waals surface area (Å²) >= 11 is 1.50. The summed E-state index contributed by atoms with van der Waals surface area (Å²) in [4.78, 5) is 23.1. The second kappa shape index (κ2) is 4.27. The van der Waals surface area contributed by atoms with E-state index >= 15 is 0 Å². The second-order valence-corrected chi connectivity index (χ2v) is 4.96. The normalized spacial score (nSPS) is 29.8. The monoisotopic (exact) mass is 200 g/mol. The molecule has 74 valence electrons. The van der Waals surface area contributed by atoms with Crippen LogP contribution in [0.3, 0.4) is 0 Å². The van der Waals surface area contributed by atoms with E-state index in [1.807, 2.05) is 20.1 Å². The molecule has 0 amide bonds. The predicted octanol–water partition coefficient (Wildman–Crippen LogP) is 1.92. The van der Waals surface area contributed by atoms with Crippen molar-refractivity contribution in [1.29, 1.82) is 0 Å². The highest BCUT2D eigenvalue weighted by Gasteiger charge is 2.35. The first-order valence-corrected chi connectivity index (χ1v) is 5.93. The van der Waals surface area contributed by atoms with Crippen LogP contribution in [0.25, 0.3) is 0 Å². The third-order valence-corrected chi connectivity index (χ3v) is 3.67. The van der Waals surface area contributed by atoms with Crippen LogP contribution in [0.4, 0.5) is 0 Å². The van der Waals surface area contributed by atoms with Crippen molar-refractivity contribution in [1.82, 2.24) is 0 Å². The molecule has 0 aliphatic heterocycles. The van der Waals surface area contributed by atoms with Crippen LogP contribution in [0, 0.1) is 11.8 Å². The Kier molecular flexibility index (Phi) is 3.54. The molecule has 0 aromatic carbocycles. The molecule has 0 saturated heterocycles. The summed E-state index contributed by atoms with van der Waals surface area (Å²) < 4.78 is 0. The standard InChI is InChI=1S/C10H16O2S/c1-6(2)7-4-9(12)10(13-3)5-8(7)11/h6-7,10H,4-5H2,1-3H3. The number of Topliss-reactive ketones (excluding diaryl/α,β-unsaturated/α-hetero) is 2. The average Bonchev–Trinajstić information content (AvgIpc) is 2.07. The summed E-state index contributed by atoms with van der Waals surface area (Å²) in [6, 6.07) is 0. The molecule has 0 heterocycles. The van der Waals surface area contributed by atoms with Gasteiger partial charge >= 0.3 is 0 Å². The van der Waals surface area contributed by atoms with Gasteiger partial charge in [-0.2, -0.15) is 11.8 Å². The van der Waals surface area contributed by atoms with Gasteiger partial charge in [0.05, 0.1) is 5.25 Å². The molecule has 2 nitrogen and oxygen atoms in total. The quantitative estimate of drug-likeness (QED) is 0.683. The zero-order valence-electron chi connectivity index (χ0n) is 8.37. The maximum atomic E-state index is 11.6. The largest absolute Gasteiger partial charge is 0.299 e. The molecule has 1 saturated carbocycles. The molecule has 0 spiro atoms. The predicted molar refractivity (Wildman–Crippen MR) is 54.9 cm³/mol. The van der Waals surface area contributed by atoms with Crippen LogP contribution in [0.1, 0.15) is 26.7 Å². The second-order valence-electron chi connectivity index (χ2n) is 3.92. The van der Waals surface area contributed by atoms with E-state index in [2.05, 4.69) is 0 Å². The fraction of sp³-hybridized carbons (Fsp3) is 0.800. The van der Waals surface area contributed by atoms with E-state index in [1.165, 1.54) is 11.8 Å². The Balaban J connectivity index is 2.67. The Morgan fingerprint density at radius 1 is 1.23 bits per heavy atom. The fourth-order valence-electron chi connectivity index (χ4n) is 1.73. The first-order valence-electron chi connectivity index (χ1n) is 4.64. The molecule has 13 heavy (non-hydrogen) atoms. The molecule has 2 unspecified atom stereocenters. The highest BCUT2D eigenvalue weighted by molar-refractivity contribution is 7.99. The molecule has 3 heteroatoms. The van der Waals surface area contributed by atoms with E-state index in [9.17, 15) is 9.59 Å². The molecule has 0 bridgehead atoms. The Labute approximate surface area is 83.5 Å². The smallest absolute Gasteiger partial charge is 0.146 e. The molecule has 0 N–H and O–H groups in total. The number of hydrogen-bond donors (Lipinski definition) is 0. The molecule has 0 aromatic heterocycles. The van der Waals surface area contributed by atoms with Gasteiger partial charge in [0.25, 0.3) is 0 Å². The highest BCUT2D eigenvalue weighted by Crippen LogP contribution is 2.29. The molecule has 2 atom stereocenters. The van der Waals surface area contributed by atoms with Crippen LogP contribution in [0.15, 0.2) is 0 Å². The van der Waals surface area contributed by atoms with E-state index in [0.29, 0.717) is 18.8 Å². The van der Waals surface area contributed by atoms with Gasteiger partial charge in [-0.05, 0) is 12.2 Å². The lowest BCUT2D eigenvalue weighted by molar-refractivity contribution is -0.133. The number of ketones is 2. The lowest BCUT2D eigenvalue weighted by Crippen LogP contribution is -2.36. The minimum absolute atomic E-state index is 0.0177. The van der Waals surface area contributed by atoms with Gasteiger partial charge in [0, 0.05) is 18.8 Å². The number of carbonyl (C=O) groups excluding carboxylic acids is 2. The third-order valence-electron chi connectivity index (χ3n) is 2.67. The first kappa shape index (κ1) is 10.8. The molecule has 1 fully saturated rings. The zero-order valence-corrected chi connectivity index (χ0v) is 9.19. The minimum atomic E-state index is -0.0671. The first-order chi connectivity index (χ1) is 6.06. The van der Waals surface area contributed by atoms with Crippen LogP contribution in [-0.4, -0.2) is 23.1 Å². The fourth-order valence-corrected chi connectivity index (χ4v) is 2.42. The average molecular weight is 200 g/mol. The van der Waals surface area contributed by atoms with Crippen LogP contribution < -0.4 is 0 Å². The van der Waals surface area contributed by atoms with Crippen LogP contribution in [0.2, 0.25) is 0 Å². The number of thioether (sulfide) groups is 1. The Morgan fingerprint density at radius 3 is 2.31 bits per heavy atom. The summed E-state index contributed by atoms with van der Waals surface area (Å²) in [6.07, 6.45) is 2.80. The van der Waals surface area contributed by atoms with Crippen LogP contribution >= 0.6 is 11.8 Å². The van der Waals surface area contributed by atoms with Crippen molar-refractivity contribution >= 4 is 23.3 Å². The van der Waals surface area contributed by atoms with Crippen molar-refractivity contribution in [3.8, 4) is 0 Å². The van der Waals surface area contributed by atoms with Crippen LogP contribution in [0.5, 0.6) is 0 Å². The van der Waals surface area contributed by atoms with Crippen molar-refractivity contribution < 1.29 is 9.59 Å². The van der Waals surface area contributed by atoms with E-state index in [1.54, 1.807) is 0 Å². The lowest BCUT2D eigenvalue weighted by Gasteiger charge is -2.27. The van der Waals surface area contributed by atoms with Crippen molar-refractivity contribution in [2.75, 3.05) is 6.26 Å². The van der Waals surface area contributed by atoms with Crippen molar-refractivity contribution in [3.05, 3.63) is 0 Å². The molecule has 0 aromatic rings. The van der Waals surface area contributed by atoms with Gasteiger partial charge in [0.2, 0.25) is 0 Å². The van der Waals surface area contributed by atoms with E-state index in [-0.39, 0.29) is 22.7 Å². The molecular weight excluding hydrogens is 184 g/mol. The lowest BCUT2D eigenvalue weighted by atomic mass is 9.80. The Hall–Kier alpha value is -0.310. The van der Waals surface area contributed by atoms with Gasteiger partial charge in [-0.15, -0.1) is 0 Å². The topological polar surface area (TPSA) is 34.1 Å². The van der Waals surface area contributed by atoms with Crippen LogP contribution in [-0.2, 0) is 9.59 Å². The molecular formula is C10H16O2S. The van der Waals surface area contributed by atoms with Gasteiger partial charge in [-0.1, -0.05) is 13.8 Å². The third kappa shape index (κ3) is 2.33. The maximum Gasteiger partial charge on any atom is 0.146 e.